The summed E-state index contributed by atoms with van der Waals surface area (Å²) in [6, 6.07) is 25.6. The number of ether oxygens (including phenoxy) is 6. The number of aromatic nitrogens is 1. The standard InChI is InChI=1S/C43H47NO8S/c1-25(2)49-33-18-16-29(22-35(33)47-8)41-39(28-15-17-32(46-7)37(21-28)50-26(3)4)40-31-23-36(48-9)38(51-27(5)6)24-34(31)52-43(45)42(40)44(41)19-20-53-30-13-11-10-12-14-30/h10-18,21-27H,19-20H2,1-9H3. The van der Waals surface area contributed by atoms with Crippen molar-refractivity contribution in [3.8, 4) is 56.9 Å². The Balaban J connectivity index is 1.74. The first-order valence-corrected chi connectivity index (χ1v) is 18.8. The second-order valence-corrected chi connectivity index (χ2v) is 14.5. The summed E-state index contributed by atoms with van der Waals surface area (Å²) in [4.78, 5) is 15.6. The summed E-state index contributed by atoms with van der Waals surface area (Å²) in [5, 5.41) is 1.42. The second kappa shape index (κ2) is 16.2. The first-order valence-electron chi connectivity index (χ1n) is 17.8. The van der Waals surface area contributed by atoms with Crippen molar-refractivity contribution in [2.45, 2.75) is 71.3 Å². The van der Waals surface area contributed by atoms with Crippen LogP contribution in [-0.2, 0) is 6.54 Å². The van der Waals surface area contributed by atoms with Crippen molar-refractivity contribution in [3.63, 3.8) is 0 Å². The third kappa shape index (κ3) is 7.93. The molecule has 0 aliphatic carbocycles. The molecular weight excluding hydrogens is 691 g/mol. The molecule has 0 bridgehead atoms. The molecule has 0 spiro atoms. The van der Waals surface area contributed by atoms with Crippen LogP contribution in [0, 0.1) is 0 Å². The third-order valence-corrected chi connectivity index (χ3v) is 9.49. The number of thioether (sulfide) groups is 1. The predicted molar refractivity (Wildman–Crippen MR) is 213 cm³/mol. The largest absolute Gasteiger partial charge is 0.493 e. The topological polar surface area (TPSA) is 90.5 Å². The van der Waals surface area contributed by atoms with Gasteiger partial charge >= 0.3 is 5.63 Å². The summed E-state index contributed by atoms with van der Waals surface area (Å²) in [7, 11) is 4.86. The molecule has 2 heterocycles. The van der Waals surface area contributed by atoms with Crippen molar-refractivity contribution in [1.82, 2.24) is 4.57 Å². The lowest BCUT2D eigenvalue weighted by atomic mass is 9.96. The average Bonchev–Trinajstić information content (AvgIpc) is 3.47. The summed E-state index contributed by atoms with van der Waals surface area (Å²) >= 11 is 1.72. The highest BCUT2D eigenvalue weighted by molar-refractivity contribution is 7.99. The second-order valence-electron chi connectivity index (χ2n) is 13.4. The molecule has 6 aromatic rings. The zero-order chi connectivity index (χ0) is 37.8. The number of methoxy groups -OCH3 is 3. The molecular formula is C43H47NO8S. The first-order chi connectivity index (χ1) is 25.5. The fraction of sp³-hybridized carbons (Fsp3) is 0.326. The Kier molecular flexibility index (Phi) is 11.5. The maximum atomic E-state index is 14.4. The Morgan fingerprint density at radius 2 is 1.21 bits per heavy atom. The van der Waals surface area contributed by atoms with E-state index in [1.165, 1.54) is 0 Å². The van der Waals surface area contributed by atoms with Gasteiger partial charge in [-0.15, -0.1) is 11.8 Å². The Bertz CT molecular complexity index is 2270. The van der Waals surface area contributed by atoms with Gasteiger partial charge in [0.2, 0.25) is 0 Å². The van der Waals surface area contributed by atoms with Crippen LogP contribution in [0.3, 0.4) is 0 Å². The van der Waals surface area contributed by atoms with Crippen LogP contribution in [-0.4, -0.2) is 50.0 Å². The molecule has 0 aliphatic heterocycles. The van der Waals surface area contributed by atoms with Gasteiger partial charge in [0.1, 0.15) is 11.1 Å². The van der Waals surface area contributed by atoms with Crippen LogP contribution in [0.4, 0.5) is 0 Å². The molecule has 0 atom stereocenters. The highest BCUT2D eigenvalue weighted by Crippen LogP contribution is 2.48. The zero-order valence-corrected chi connectivity index (χ0v) is 32.6. The van der Waals surface area contributed by atoms with Crippen molar-refractivity contribution in [2.75, 3.05) is 27.1 Å². The SMILES string of the molecule is COc1cc(-c2c(-c3ccc(OC)c(OC(C)C)c3)c3c4cc(OC)c(OC(C)C)cc4oc(=O)c3n2CCSc2ccccc2)ccc1OC(C)C. The molecule has 9 nitrogen and oxygen atoms in total. The third-order valence-electron chi connectivity index (χ3n) is 8.50. The zero-order valence-electron chi connectivity index (χ0n) is 31.8. The minimum absolute atomic E-state index is 0.0546. The van der Waals surface area contributed by atoms with Crippen molar-refractivity contribution in [1.29, 1.82) is 0 Å². The molecule has 53 heavy (non-hydrogen) atoms. The molecule has 4 aromatic carbocycles. The van der Waals surface area contributed by atoms with Gasteiger partial charge in [-0.1, -0.05) is 24.3 Å². The molecule has 6 rings (SSSR count). The van der Waals surface area contributed by atoms with Crippen molar-refractivity contribution in [2.24, 2.45) is 0 Å². The molecule has 2 aromatic heterocycles. The van der Waals surface area contributed by atoms with E-state index >= 15 is 0 Å². The normalized spacial score (nSPS) is 11.5. The molecule has 10 heteroatoms. The van der Waals surface area contributed by atoms with Gasteiger partial charge in [0.05, 0.1) is 45.3 Å². The summed E-state index contributed by atoms with van der Waals surface area (Å²) in [5.41, 5.74) is 3.63. The van der Waals surface area contributed by atoms with Crippen molar-refractivity contribution in [3.05, 3.63) is 89.3 Å². The summed E-state index contributed by atoms with van der Waals surface area (Å²) in [6.45, 7) is 12.3. The van der Waals surface area contributed by atoms with Gasteiger partial charge in [0, 0.05) is 45.2 Å². The van der Waals surface area contributed by atoms with Crippen LogP contribution < -0.4 is 34.0 Å². The van der Waals surface area contributed by atoms with Crippen LogP contribution in [0.2, 0.25) is 0 Å². The van der Waals surface area contributed by atoms with E-state index in [4.69, 9.17) is 32.8 Å². The van der Waals surface area contributed by atoms with E-state index < -0.39 is 5.63 Å². The molecule has 0 amide bonds. The summed E-state index contributed by atoms with van der Waals surface area (Å²) in [5.74, 6) is 4.08. The molecule has 0 aliphatic rings. The highest BCUT2D eigenvalue weighted by Gasteiger charge is 2.28. The number of fused-ring (bicyclic) bond motifs is 3. The van der Waals surface area contributed by atoms with E-state index in [9.17, 15) is 4.79 Å². The van der Waals surface area contributed by atoms with Crippen LogP contribution in [0.25, 0.3) is 44.3 Å². The first kappa shape index (κ1) is 37.5. The summed E-state index contributed by atoms with van der Waals surface area (Å²) < 4.78 is 44.2. The fourth-order valence-corrected chi connectivity index (χ4v) is 7.35. The number of hydrogen-bond donors (Lipinski definition) is 0. The van der Waals surface area contributed by atoms with Gasteiger partial charge in [0.25, 0.3) is 0 Å². The Labute approximate surface area is 314 Å². The molecule has 0 N–H and O–H groups in total. The Morgan fingerprint density at radius 1 is 0.642 bits per heavy atom. The maximum absolute atomic E-state index is 14.4. The molecule has 0 saturated carbocycles. The fourth-order valence-electron chi connectivity index (χ4n) is 6.49. The molecule has 0 unspecified atom stereocenters. The van der Waals surface area contributed by atoms with Crippen molar-refractivity contribution < 1.29 is 32.8 Å². The van der Waals surface area contributed by atoms with Crippen molar-refractivity contribution >= 4 is 33.6 Å². The minimum Gasteiger partial charge on any atom is -0.493 e. The van der Waals surface area contributed by atoms with Crippen LogP contribution in [0.15, 0.2) is 93.0 Å². The van der Waals surface area contributed by atoms with Gasteiger partial charge in [-0.05, 0) is 95.6 Å². The van der Waals surface area contributed by atoms with E-state index in [-0.39, 0.29) is 18.3 Å². The van der Waals surface area contributed by atoms with Gasteiger partial charge in [-0.3, -0.25) is 0 Å². The van der Waals surface area contributed by atoms with Gasteiger partial charge < -0.3 is 37.4 Å². The van der Waals surface area contributed by atoms with Gasteiger partial charge in [-0.2, -0.15) is 0 Å². The molecule has 0 fully saturated rings. The number of hydrogen-bond acceptors (Lipinski definition) is 9. The number of benzene rings is 4. The van der Waals surface area contributed by atoms with E-state index in [0.29, 0.717) is 68.7 Å². The van der Waals surface area contributed by atoms with Crippen LogP contribution >= 0.6 is 11.8 Å². The van der Waals surface area contributed by atoms with Crippen LogP contribution in [0.1, 0.15) is 41.5 Å². The highest BCUT2D eigenvalue weighted by atomic mass is 32.2. The molecule has 0 radical (unpaired) electrons. The average molecular weight is 738 g/mol. The maximum Gasteiger partial charge on any atom is 0.361 e. The Morgan fingerprint density at radius 3 is 1.85 bits per heavy atom. The number of rotatable bonds is 15. The lowest BCUT2D eigenvalue weighted by Crippen LogP contribution is -2.11. The molecule has 0 saturated heterocycles. The van der Waals surface area contributed by atoms with E-state index in [2.05, 4.69) is 16.7 Å². The van der Waals surface area contributed by atoms with Crippen LogP contribution in [0.5, 0.6) is 34.5 Å². The monoisotopic (exact) mass is 737 g/mol. The lowest BCUT2D eigenvalue weighted by Gasteiger charge is -2.18. The molecule has 278 valence electrons. The smallest absolute Gasteiger partial charge is 0.361 e. The number of aryl methyl sites for hydroxylation is 1. The summed E-state index contributed by atoms with van der Waals surface area (Å²) in [6.07, 6.45) is -0.288. The van der Waals surface area contributed by atoms with E-state index in [1.54, 1.807) is 39.2 Å². The van der Waals surface area contributed by atoms with E-state index in [0.717, 1.165) is 27.3 Å². The van der Waals surface area contributed by atoms with Gasteiger partial charge in [0.15, 0.2) is 34.5 Å². The Hall–Kier alpha value is -5.22. The minimum atomic E-state index is -0.468. The quantitative estimate of drug-likeness (QED) is 0.0754. The van der Waals surface area contributed by atoms with E-state index in [1.807, 2.05) is 102 Å². The predicted octanol–water partition coefficient (Wildman–Crippen LogP) is 10.3. The van der Waals surface area contributed by atoms with Gasteiger partial charge in [-0.25, -0.2) is 4.79 Å². The number of nitrogens with zero attached hydrogens (tertiary/aromatic N) is 1. The lowest BCUT2D eigenvalue weighted by molar-refractivity contribution is 0.230.